The Bertz CT molecular complexity index is 348. The van der Waals surface area contributed by atoms with Crippen molar-refractivity contribution in [3.05, 3.63) is 29.8 Å². The van der Waals surface area contributed by atoms with Gasteiger partial charge < -0.3 is 14.8 Å². The van der Waals surface area contributed by atoms with E-state index in [4.69, 9.17) is 9.47 Å². The van der Waals surface area contributed by atoms with Gasteiger partial charge in [-0.05, 0) is 12.6 Å². The van der Waals surface area contributed by atoms with Crippen molar-refractivity contribution in [2.24, 2.45) is 0 Å². The van der Waals surface area contributed by atoms with Gasteiger partial charge in [0, 0.05) is 12.1 Å². The molecule has 1 fully saturated rings. The smallest absolute Gasteiger partial charge is 0.122 e. The van der Waals surface area contributed by atoms with E-state index in [1.807, 2.05) is 12.1 Å². The lowest BCUT2D eigenvalue weighted by Gasteiger charge is -2.42. The Labute approximate surface area is 96.8 Å². The minimum Gasteiger partial charge on any atom is -0.496 e. The number of ether oxygens (including phenoxy) is 2. The molecule has 88 valence electrons. The Kier molecular flexibility index (Phi) is 3.46. The summed E-state index contributed by atoms with van der Waals surface area (Å²) in [4.78, 5) is 0. The number of likely N-dealkylation sites (N-methyl/N-ethyl adjacent to an activating group) is 1. The fraction of sp³-hybridized carbons (Fsp3) is 0.538. The van der Waals surface area contributed by atoms with Crippen LogP contribution in [0.15, 0.2) is 24.3 Å². The first kappa shape index (κ1) is 11.4. The molecule has 0 aliphatic carbocycles. The summed E-state index contributed by atoms with van der Waals surface area (Å²) in [5.74, 6) is 0.962. The molecule has 1 aromatic carbocycles. The summed E-state index contributed by atoms with van der Waals surface area (Å²) in [5, 5.41) is 3.41. The summed E-state index contributed by atoms with van der Waals surface area (Å²) in [6.45, 7) is 5.61. The molecule has 1 aliphatic heterocycles. The van der Waals surface area contributed by atoms with Gasteiger partial charge in [0.15, 0.2) is 0 Å². The SMILES string of the molecule is CCNCC1(c2ccccc2OC)COC1. The first-order valence-electron chi connectivity index (χ1n) is 5.74. The maximum Gasteiger partial charge on any atom is 0.122 e. The van der Waals surface area contributed by atoms with E-state index in [1.54, 1.807) is 7.11 Å². The largest absolute Gasteiger partial charge is 0.496 e. The van der Waals surface area contributed by atoms with Crippen molar-refractivity contribution in [3.63, 3.8) is 0 Å². The van der Waals surface area contributed by atoms with Gasteiger partial charge in [0.2, 0.25) is 0 Å². The second kappa shape index (κ2) is 4.85. The zero-order chi connectivity index (χ0) is 11.4. The summed E-state index contributed by atoms with van der Waals surface area (Å²) in [5.41, 5.74) is 1.35. The molecule has 16 heavy (non-hydrogen) atoms. The molecule has 0 radical (unpaired) electrons. The van der Waals surface area contributed by atoms with E-state index in [-0.39, 0.29) is 5.41 Å². The summed E-state index contributed by atoms with van der Waals surface area (Å²) in [6, 6.07) is 8.21. The second-order valence-corrected chi connectivity index (χ2v) is 4.25. The highest BCUT2D eigenvalue weighted by Gasteiger charge is 2.41. The van der Waals surface area contributed by atoms with Crippen LogP contribution in [0.5, 0.6) is 5.75 Å². The number of benzene rings is 1. The summed E-state index contributed by atoms with van der Waals surface area (Å²) < 4.78 is 10.8. The lowest BCUT2D eigenvalue weighted by molar-refractivity contribution is -0.0597. The van der Waals surface area contributed by atoms with Crippen LogP contribution in [0.2, 0.25) is 0 Å². The van der Waals surface area contributed by atoms with Crippen LogP contribution in [0.3, 0.4) is 0 Å². The number of nitrogens with one attached hydrogen (secondary N) is 1. The molecule has 1 N–H and O–H groups in total. The molecule has 1 aliphatic rings. The molecule has 1 heterocycles. The maximum absolute atomic E-state index is 5.42. The van der Waals surface area contributed by atoms with Crippen LogP contribution in [0, 0.1) is 0 Å². The molecule has 0 saturated carbocycles. The van der Waals surface area contributed by atoms with Crippen molar-refractivity contribution in [2.45, 2.75) is 12.3 Å². The van der Waals surface area contributed by atoms with Gasteiger partial charge in [0.05, 0.1) is 25.7 Å². The monoisotopic (exact) mass is 221 g/mol. The van der Waals surface area contributed by atoms with E-state index in [0.717, 1.165) is 32.1 Å². The van der Waals surface area contributed by atoms with E-state index in [2.05, 4.69) is 24.4 Å². The van der Waals surface area contributed by atoms with Crippen LogP contribution in [0.1, 0.15) is 12.5 Å². The van der Waals surface area contributed by atoms with Gasteiger partial charge in [-0.2, -0.15) is 0 Å². The zero-order valence-electron chi connectivity index (χ0n) is 9.95. The molecule has 0 atom stereocenters. The standard InChI is InChI=1S/C13H19NO2/c1-3-14-8-13(9-16-10-13)11-6-4-5-7-12(11)15-2/h4-7,14H,3,8-10H2,1-2H3. The van der Waals surface area contributed by atoms with Crippen molar-refractivity contribution in [1.82, 2.24) is 5.32 Å². The average Bonchev–Trinajstić information content (AvgIpc) is 2.28. The highest BCUT2D eigenvalue weighted by Crippen LogP contribution is 2.37. The Morgan fingerprint density at radius 2 is 2.12 bits per heavy atom. The minimum absolute atomic E-state index is 0.0998. The van der Waals surface area contributed by atoms with Crippen LogP contribution in [0.25, 0.3) is 0 Å². The zero-order valence-corrected chi connectivity index (χ0v) is 9.95. The van der Waals surface area contributed by atoms with Crippen LogP contribution in [-0.4, -0.2) is 33.4 Å². The molecule has 1 saturated heterocycles. The maximum atomic E-state index is 5.42. The number of hydrogen-bond acceptors (Lipinski definition) is 3. The third kappa shape index (κ3) is 1.93. The Morgan fingerprint density at radius 1 is 1.38 bits per heavy atom. The highest BCUT2D eigenvalue weighted by atomic mass is 16.5. The Morgan fingerprint density at radius 3 is 2.69 bits per heavy atom. The third-order valence-corrected chi connectivity index (χ3v) is 3.15. The topological polar surface area (TPSA) is 30.5 Å². The van der Waals surface area contributed by atoms with Gasteiger partial charge in [-0.3, -0.25) is 0 Å². The van der Waals surface area contributed by atoms with Gasteiger partial charge in [-0.1, -0.05) is 25.1 Å². The number of para-hydroxylation sites is 1. The summed E-state index contributed by atoms with van der Waals surface area (Å²) in [7, 11) is 1.72. The molecule has 3 heteroatoms. The first-order chi connectivity index (χ1) is 7.82. The molecule has 0 unspecified atom stereocenters. The van der Waals surface area contributed by atoms with Crippen molar-refractivity contribution in [1.29, 1.82) is 0 Å². The highest BCUT2D eigenvalue weighted by molar-refractivity contribution is 5.41. The minimum atomic E-state index is 0.0998. The Balaban J connectivity index is 2.25. The van der Waals surface area contributed by atoms with E-state index in [1.165, 1.54) is 5.56 Å². The van der Waals surface area contributed by atoms with E-state index >= 15 is 0 Å². The van der Waals surface area contributed by atoms with Crippen molar-refractivity contribution < 1.29 is 9.47 Å². The van der Waals surface area contributed by atoms with Crippen LogP contribution in [-0.2, 0) is 10.2 Å². The summed E-state index contributed by atoms with van der Waals surface area (Å²) >= 11 is 0. The van der Waals surface area contributed by atoms with Crippen LogP contribution < -0.4 is 10.1 Å². The fourth-order valence-corrected chi connectivity index (χ4v) is 2.15. The van der Waals surface area contributed by atoms with Gasteiger partial charge in [-0.25, -0.2) is 0 Å². The summed E-state index contributed by atoms with van der Waals surface area (Å²) in [6.07, 6.45) is 0. The molecular formula is C13H19NO2. The molecule has 2 rings (SSSR count). The van der Waals surface area contributed by atoms with E-state index in [9.17, 15) is 0 Å². The Hall–Kier alpha value is -1.06. The molecule has 0 bridgehead atoms. The lowest BCUT2D eigenvalue weighted by Crippen LogP contribution is -2.53. The van der Waals surface area contributed by atoms with Crippen LogP contribution >= 0.6 is 0 Å². The molecule has 3 nitrogen and oxygen atoms in total. The fourth-order valence-electron chi connectivity index (χ4n) is 2.15. The predicted octanol–water partition coefficient (Wildman–Crippen LogP) is 1.57. The number of methoxy groups -OCH3 is 1. The van der Waals surface area contributed by atoms with Gasteiger partial charge in [0.25, 0.3) is 0 Å². The molecule has 0 spiro atoms. The van der Waals surface area contributed by atoms with Gasteiger partial charge >= 0.3 is 0 Å². The quantitative estimate of drug-likeness (QED) is 0.818. The molecule has 1 aromatic rings. The molecular weight excluding hydrogens is 202 g/mol. The first-order valence-corrected chi connectivity index (χ1v) is 5.74. The van der Waals surface area contributed by atoms with E-state index < -0.39 is 0 Å². The van der Waals surface area contributed by atoms with Gasteiger partial charge in [0.1, 0.15) is 5.75 Å². The second-order valence-electron chi connectivity index (χ2n) is 4.25. The van der Waals surface area contributed by atoms with Crippen molar-refractivity contribution in [3.8, 4) is 5.75 Å². The van der Waals surface area contributed by atoms with Crippen molar-refractivity contribution >= 4 is 0 Å². The molecule has 0 aromatic heterocycles. The van der Waals surface area contributed by atoms with Crippen LogP contribution in [0.4, 0.5) is 0 Å². The predicted molar refractivity (Wildman–Crippen MR) is 64.0 cm³/mol. The average molecular weight is 221 g/mol. The molecule has 0 amide bonds. The third-order valence-electron chi connectivity index (χ3n) is 3.15. The van der Waals surface area contributed by atoms with Gasteiger partial charge in [-0.15, -0.1) is 0 Å². The normalized spacial score (nSPS) is 17.9. The van der Waals surface area contributed by atoms with E-state index in [0.29, 0.717) is 0 Å². The number of hydrogen-bond donors (Lipinski definition) is 1. The number of rotatable bonds is 5. The van der Waals surface area contributed by atoms with Crippen molar-refractivity contribution in [2.75, 3.05) is 33.4 Å². The lowest BCUT2D eigenvalue weighted by atomic mass is 9.78.